The maximum atomic E-state index is 12.9. The number of alkyl halides is 2. The van der Waals surface area contributed by atoms with E-state index in [0.29, 0.717) is 17.7 Å². The molecule has 114 valence electrons. The van der Waals surface area contributed by atoms with Crippen LogP contribution in [0.15, 0.2) is 12.2 Å². The zero-order chi connectivity index (χ0) is 14.9. The van der Waals surface area contributed by atoms with E-state index in [9.17, 15) is 4.79 Å². The molecule has 5 atom stereocenters. The quantitative estimate of drug-likeness (QED) is 0.577. The Hall–Kier alpha value is -0.0500. The number of rotatable bonds is 4. The van der Waals surface area contributed by atoms with Crippen molar-refractivity contribution in [3.05, 3.63) is 12.2 Å². The number of fused-ring (bicyclic) bond motifs is 1. The second-order valence-corrected chi connectivity index (χ2v) is 6.99. The van der Waals surface area contributed by atoms with Gasteiger partial charge in [0.2, 0.25) is 0 Å². The van der Waals surface area contributed by atoms with Crippen molar-refractivity contribution >= 4 is 29.0 Å². The molecule has 0 bridgehead atoms. The highest BCUT2D eigenvalue weighted by molar-refractivity contribution is 6.19. The van der Waals surface area contributed by atoms with Crippen LogP contribution >= 0.6 is 23.2 Å². The third-order valence-corrected chi connectivity index (χ3v) is 6.33. The van der Waals surface area contributed by atoms with Crippen molar-refractivity contribution in [3.8, 4) is 0 Å². The molecule has 0 saturated heterocycles. The van der Waals surface area contributed by atoms with Gasteiger partial charge < -0.3 is 4.74 Å². The number of ether oxygens (including phenoxy) is 1. The minimum atomic E-state index is -0.358. The second kappa shape index (κ2) is 6.37. The summed E-state index contributed by atoms with van der Waals surface area (Å²) >= 11 is 12.6. The minimum absolute atomic E-state index is 0.00181. The summed E-state index contributed by atoms with van der Waals surface area (Å²) in [5, 5.41) is 0. The van der Waals surface area contributed by atoms with E-state index >= 15 is 0 Å². The van der Waals surface area contributed by atoms with E-state index in [-0.39, 0.29) is 29.1 Å². The summed E-state index contributed by atoms with van der Waals surface area (Å²) in [4.78, 5) is 12.9. The van der Waals surface area contributed by atoms with Gasteiger partial charge >= 0.3 is 0 Å². The van der Waals surface area contributed by atoms with Crippen molar-refractivity contribution in [2.24, 2.45) is 23.2 Å². The third kappa shape index (κ3) is 2.44. The van der Waals surface area contributed by atoms with E-state index in [1.807, 2.05) is 6.92 Å². The summed E-state index contributed by atoms with van der Waals surface area (Å²) in [6.45, 7) is 6.03. The van der Waals surface area contributed by atoms with Crippen LogP contribution in [0.25, 0.3) is 0 Å². The fraction of sp³-hybridized carbons (Fsp3) is 0.812. The van der Waals surface area contributed by atoms with Crippen molar-refractivity contribution in [1.29, 1.82) is 0 Å². The topological polar surface area (TPSA) is 26.3 Å². The molecule has 0 spiro atoms. The Morgan fingerprint density at radius 2 is 2.15 bits per heavy atom. The molecule has 0 N–H and O–H groups in total. The van der Waals surface area contributed by atoms with Gasteiger partial charge in [-0.15, -0.1) is 23.2 Å². The van der Waals surface area contributed by atoms with Crippen LogP contribution in [-0.4, -0.2) is 30.8 Å². The Morgan fingerprint density at radius 1 is 1.45 bits per heavy atom. The largest absolute Gasteiger partial charge is 0.373 e. The van der Waals surface area contributed by atoms with Crippen LogP contribution in [0.3, 0.4) is 0 Å². The molecule has 2 saturated carbocycles. The molecule has 2 aliphatic carbocycles. The molecule has 0 aliphatic heterocycles. The second-order valence-electron chi connectivity index (χ2n) is 6.42. The Labute approximate surface area is 131 Å². The number of Topliss-reactive ketones (excluding diaryl/α,β-unsaturated/α-hetero) is 1. The van der Waals surface area contributed by atoms with Crippen LogP contribution in [0.2, 0.25) is 0 Å². The highest BCUT2D eigenvalue weighted by Gasteiger charge is 2.56. The monoisotopic (exact) mass is 318 g/mol. The van der Waals surface area contributed by atoms with E-state index in [1.54, 1.807) is 7.11 Å². The zero-order valence-electron chi connectivity index (χ0n) is 12.3. The van der Waals surface area contributed by atoms with Crippen LogP contribution in [0.4, 0.5) is 0 Å². The SMILES string of the molecule is C=C(C)C1CC2(CCl)C(CCl)CCCC2C(=O)C1OC. The van der Waals surface area contributed by atoms with Crippen molar-refractivity contribution in [3.63, 3.8) is 0 Å². The third-order valence-electron chi connectivity index (χ3n) is 5.46. The van der Waals surface area contributed by atoms with Crippen LogP contribution in [0.1, 0.15) is 32.6 Å². The first-order valence-electron chi connectivity index (χ1n) is 7.35. The van der Waals surface area contributed by atoms with Crippen molar-refractivity contribution < 1.29 is 9.53 Å². The molecule has 0 aromatic carbocycles. The fourth-order valence-corrected chi connectivity index (χ4v) is 5.25. The molecule has 0 heterocycles. The first-order chi connectivity index (χ1) is 9.51. The number of methoxy groups -OCH3 is 1. The van der Waals surface area contributed by atoms with Crippen LogP contribution in [0, 0.1) is 23.2 Å². The van der Waals surface area contributed by atoms with Gasteiger partial charge in [-0.25, -0.2) is 0 Å². The van der Waals surface area contributed by atoms with E-state index in [1.165, 1.54) is 0 Å². The van der Waals surface area contributed by atoms with E-state index in [4.69, 9.17) is 27.9 Å². The number of carbonyl (C=O) groups excluding carboxylic acids is 1. The summed E-state index contributed by atoms with van der Waals surface area (Å²) in [5.41, 5.74) is 0.837. The number of halogens is 2. The smallest absolute Gasteiger partial charge is 0.165 e. The van der Waals surface area contributed by atoms with E-state index in [2.05, 4.69) is 6.58 Å². The Kier molecular flexibility index (Phi) is 5.20. The lowest BCUT2D eigenvalue weighted by atomic mass is 9.52. The summed E-state index contributed by atoms with van der Waals surface area (Å²) in [5.74, 6) is 1.67. The van der Waals surface area contributed by atoms with Crippen molar-refractivity contribution in [1.82, 2.24) is 0 Å². The Balaban J connectivity index is 2.42. The molecule has 4 heteroatoms. The molecule has 2 fully saturated rings. The lowest BCUT2D eigenvalue weighted by Gasteiger charge is -2.54. The molecule has 0 aromatic heterocycles. The minimum Gasteiger partial charge on any atom is -0.373 e. The number of hydrogen-bond donors (Lipinski definition) is 0. The lowest BCUT2D eigenvalue weighted by Crippen LogP contribution is -2.57. The van der Waals surface area contributed by atoms with Gasteiger partial charge in [0.25, 0.3) is 0 Å². The van der Waals surface area contributed by atoms with Gasteiger partial charge in [0.05, 0.1) is 0 Å². The van der Waals surface area contributed by atoms with Crippen LogP contribution in [0.5, 0.6) is 0 Å². The van der Waals surface area contributed by atoms with Crippen LogP contribution < -0.4 is 0 Å². The fourth-order valence-electron chi connectivity index (χ4n) is 4.28. The highest BCUT2D eigenvalue weighted by Crippen LogP contribution is 2.56. The summed E-state index contributed by atoms with van der Waals surface area (Å²) in [6, 6.07) is 0. The highest BCUT2D eigenvalue weighted by atomic mass is 35.5. The molecule has 2 aliphatic rings. The van der Waals surface area contributed by atoms with Gasteiger partial charge in [-0.2, -0.15) is 0 Å². The van der Waals surface area contributed by atoms with Gasteiger partial charge in [-0.05, 0) is 37.5 Å². The molecular formula is C16H24Cl2O2. The number of hydrogen-bond acceptors (Lipinski definition) is 2. The molecule has 5 unspecified atom stereocenters. The molecule has 2 nitrogen and oxygen atoms in total. The first kappa shape index (κ1) is 16.3. The normalized spacial score (nSPS) is 41.3. The van der Waals surface area contributed by atoms with Crippen molar-refractivity contribution in [2.75, 3.05) is 18.9 Å². The van der Waals surface area contributed by atoms with Gasteiger partial charge in [0.15, 0.2) is 5.78 Å². The van der Waals surface area contributed by atoms with E-state index < -0.39 is 0 Å². The van der Waals surface area contributed by atoms with Gasteiger partial charge in [0.1, 0.15) is 6.10 Å². The Bertz CT molecular complexity index is 396. The van der Waals surface area contributed by atoms with Gasteiger partial charge in [-0.3, -0.25) is 4.79 Å². The summed E-state index contributed by atoms with van der Waals surface area (Å²) in [6.07, 6.45) is 3.56. The zero-order valence-corrected chi connectivity index (χ0v) is 13.8. The number of carbonyl (C=O) groups is 1. The van der Waals surface area contributed by atoms with Crippen molar-refractivity contribution in [2.45, 2.75) is 38.7 Å². The average molecular weight is 319 g/mol. The van der Waals surface area contributed by atoms with Gasteiger partial charge in [0, 0.05) is 30.7 Å². The van der Waals surface area contributed by atoms with Gasteiger partial charge in [-0.1, -0.05) is 18.6 Å². The average Bonchev–Trinajstić information content (AvgIpc) is 2.46. The first-order valence-corrected chi connectivity index (χ1v) is 8.42. The summed E-state index contributed by atoms with van der Waals surface area (Å²) in [7, 11) is 1.62. The molecule has 0 amide bonds. The molecule has 0 radical (unpaired) electrons. The maximum absolute atomic E-state index is 12.9. The van der Waals surface area contributed by atoms with E-state index in [0.717, 1.165) is 31.3 Å². The maximum Gasteiger partial charge on any atom is 0.165 e. The molecule has 0 aromatic rings. The Morgan fingerprint density at radius 3 is 2.65 bits per heavy atom. The predicted molar refractivity (Wildman–Crippen MR) is 83.4 cm³/mol. The standard InChI is InChI=1S/C16H24Cl2O2/c1-10(2)12-7-16(9-18)11(8-17)5-4-6-13(16)14(19)15(12)20-3/h11-13,15H,1,4-9H2,2-3H3. The molecule has 20 heavy (non-hydrogen) atoms. The molecule has 2 rings (SSSR count). The lowest BCUT2D eigenvalue weighted by molar-refractivity contribution is -0.153. The number of ketones is 1. The predicted octanol–water partition coefficient (Wildman–Crippen LogP) is 4.05. The molecular weight excluding hydrogens is 295 g/mol. The van der Waals surface area contributed by atoms with Crippen LogP contribution in [-0.2, 0) is 9.53 Å². The summed E-state index contributed by atoms with van der Waals surface area (Å²) < 4.78 is 5.50.